The van der Waals surface area contributed by atoms with E-state index in [9.17, 15) is 5.26 Å². The van der Waals surface area contributed by atoms with Gasteiger partial charge in [-0.15, -0.1) is 0 Å². The minimum Gasteiger partial charge on any atom is -0.278 e. The number of rotatable bonds is 3. The minimum absolute atomic E-state index is 0.188. The summed E-state index contributed by atoms with van der Waals surface area (Å²) in [6.45, 7) is 1.59. The fourth-order valence-corrected chi connectivity index (χ4v) is 2.57. The molecule has 6 nitrogen and oxygen atoms in total. The summed E-state index contributed by atoms with van der Waals surface area (Å²) in [5.41, 5.74) is 2.00. The average Bonchev–Trinajstić information content (AvgIpc) is 2.67. The standard InChI is InChI=1S/C19H14N6/c1-13(10-20)16(11-21)25(12-22-2)17-8-7-15-6-5-14-4-3-9-23-18(14)19(15)24-17/h3-9,12H,1-2H3/b16-13+,22-12?. The van der Waals surface area contributed by atoms with Crippen LogP contribution < -0.4 is 4.90 Å². The molecular formula is C19H14N6. The van der Waals surface area contributed by atoms with E-state index in [2.05, 4.69) is 21.0 Å². The number of nitriles is 2. The Morgan fingerprint density at radius 1 is 1.08 bits per heavy atom. The predicted octanol–water partition coefficient (Wildman–Crippen LogP) is 3.57. The molecule has 2 aromatic heterocycles. The molecule has 0 unspecified atom stereocenters. The van der Waals surface area contributed by atoms with Crippen molar-refractivity contribution < 1.29 is 0 Å². The van der Waals surface area contributed by atoms with E-state index in [0.717, 1.165) is 21.8 Å². The van der Waals surface area contributed by atoms with Gasteiger partial charge in [0.25, 0.3) is 0 Å². The maximum absolute atomic E-state index is 9.47. The number of anilines is 1. The molecular weight excluding hydrogens is 312 g/mol. The number of pyridine rings is 2. The number of fused-ring (bicyclic) bond motifs is 3. The second kappa shape index (κ2) is 6.77. The Morgan fingerprint density at radius 3 is 2.48 bits per heavy atom. The second-order valence-electron chi connectivity index (χ2n) is 5.32. The SMILES string of the molecule is CN=CN(/C(C#N)=C(\C)C#N)c1ccc2ccc3cccnc3c2n1. The van der Waals surface area contributed by atoms with Crippen LogP contribution in [0.15, 0.2) is 58.9 Å². The Labute approximate surface area is 145 Å². The van der Waals surface area contributed by atoms with Gasteiger partial charge in [0.2, 0.25) is 0 Å². The first-order valence-electron chi connectivity index (χ1n) is 7.56. The van der Waals surface area contributed by atoms with Crippen molar-refractivity contribution in [3.05, 3.63) is 53.9 Å². The van der Waals surface area contributed by atoms with E-state index in [4.69, 9.17) is 5.26 Å². The molecule has 0 bridgehead atoms. The number of hydrogen-bond acceptors (Lipinski definition) is 5. The van der Waals surface area contributed by atoms with Crippen LogP contribution in [0.4, 0.5) is 5.82 Å². The number of allylic oxidation sites excluding steroid dienone is 2. The lowest BCUT2D eigenvalue weighted by atomic mass is 10.1. The van der Waals surface area contributed by atoms with Gasteiger partial charge >= 0.3 is 0 Å². The van der Waals surface area contributed by atoms with Crippen LogP contribution in [-0.4, -0.2) is 23.4 Å². The summed E-state index contributed by atoms with van der Waals surface area (Å²) < 4.78 is 0. The van der Waals surface area contributed by atoms with Crippen LogP contribution in [0.1, 0.15) is 6.92 Å². The highest BCUT2D eigenvalue weighted by atomic mass is 15.2. The van der Waals surface area contributed by atoms with E-state index in [1.54, 1.807) is 26.2 Å². The maximum Gasteiger partial charge on any atom is 0.140 e. The number of hydrogen-bond donors (Lipinski definition) is 0. The molecule has 0 spiro atoms. The molecule has 0 aliphatic carbocycles. The zero-order valence-corrected chi connectivity index (χ0v) is 13.8. The third-order valence-corrected chi connectivity index (χ3v) is 3.76. The van der Waals surface area contributed by atoms with Crippen molar-refractivity contribution in [1.29, 1.82) is 10.5 Å². The Balaban J connectivity index is 2.28. The smallest absolute Gasteiger partial charge is 0.140 e. The quantitative estimate of drug-likeness (QED) is 0.318. The highest BCUT2D eigenvalue weighted by molar-refractivity contribution is 6.03. The molecule has 2 heterocycles. The Hall–Kier alpha value is -3.77. The van der Waals surface area contributed by atoms with Crippen LogP contribution in [0, 0.1) is 22.7 Å². The normalized spacial score (nSPS) is 12.0. The van der Waals surface area contributed by atoms with E-state index in [1.165, 1.54) is 11.2 Å². The molecule has 0 fully saturated rings. The lowest BCUT2D eigenvalue weighted by molar-refractivity contribution is 1.17. The molecule has 3 aromatic rings. The zero-order chi connectivity index (χ0) is 17.8. The molecule has 3 rings (SSSR count). The first kappa shape index (κ1) is 16.1. The fourth-order valence-electron chi connectivity index (χ4n) is 2.57. The van der Waals surface area contributed by atoms with Gasteiger partial charge in [0.05, 0.1) is 29.0 Å². The third kappa shape index (κ3) is 2.89. The second-order valence-corrected chi connectivity index (χ2v) is 5.32. The van der Waals surface area contributed by atoms with Crippen molar-refractivity contribution in [3.63, 3.8) is 0 Å². The van der Waals surface area contributed by atoms with Gasteiger partial charge in [-0.3, -0.25) is 14.9 Å². The van der Waals surface area contributed by atoms with Crippen molar-refractivity contribution in [2.45, 2.75) is 6.92 Å². The molecule has 1 aromatic carbocycles. The topological polar surface area (TPSA) is 89.0 Å². The maximum atomic E-state index is 9.47. The van der Waals surface area contributed by atoms with E-state index >= 15 is 0 Å². The Morgan fingerprint density at radius 2 is 1.80 bits per heavy atom. The van der Waals surface area contributed by atoms with Crippen molar-refractivity contribution in [3.8, 4) is 12.1 Å². The lowest BCUT2D eigenvalue weighted by Gasteiger charge is -2.18. The molecule has 0 atom stereocenters. The van der Waals surface area contributed by atoms with E-state index in [0.29, 0.717) is 11.4 Å². The molecule has 0 aliphatic rings. The van der Waals surface area contributed by atoms with Crippen LogP contribution >= 0.6 is 0 Å². The van der Waals surface area contributed by atoms with Gasteiger partial charge in [-0.1, -0.05) is 18.2 Å². The highest BCUT2D eigenvalue weighted by Gasteiger charge is 2.15. The first-order valence-corrected chi connectivity index (χ1v) is 7.56. The molecule has 0 amide bonds. The van der Waals surface area contributed by atoms with Gasteiger partial charge in [0, 0.05) is 24.0 Å². The summed E-state index contributed by atoms with van der Waals surface area (Å²) in [6.07, 6.45) is 3.20. The van der Waals surface area contributed by atoms with Gasteiger partial charge in [0.15, 0.2) is 0 Å². The fraction of sp³-hybridized carbons (Fsp3) is 0.105. The van der Waals surface area contributed by atoms with Crippen molar-refractivity contribution in [2.75, 3.05) is 11.9 Å². The summed E-state index contributed by atoms with van der Waals surface area (Å²) in [6, 6.07) is 15.6. The molecule has 0 radical (unpaired) electrons. The molecule has 6 heteroatoms. The van der Waals surface area contributed by atoms with Crippen LogP contribution in [0.5, 0.6) is 0 Å². The van der Waals surface area contributed by atoms with Gasteiger partial charge in [-0.25, -0.2) is 4.98 Å². The van der Waals surface area contributed by atoms with Gasteiger partial charge in [-0.05, 0) is 25.1 Å². The number of aromatic nitrogens is 2. The Bertz CT molecular complexity index is 1100. The summed E-state index contributed by atoms with van der Waals surface area (Å²) in [5, 5.41) is 20.6. The average molecular weight is 326 g/mol. The summed E-state index contributed by atoms with van der Waals surface area (Å²) in [7, 11) is 1.60. The van der Waals surface area contributed by atoms with Crippen LogP contribution in [0.25, 0.3) is 21.8 Å². The predicted molar refractivity (Wildman–Crippen MR) is 97.9 cm³/mol. The number of nitrogens with zero attached hydrogens (tertiary/aromatic N) is 6. The van der Waals surface area contributed by atoms with E-state index in [1.807, 2.05) is 36.4 Å². The number of benzene rings is 1. The Kier molecular flexibility index (Phi) is 4.36. The summed E-state index contributed by atoms with van der Waals surface area (Å²) in [4.78, 5) is 14.6. The molecule has 120 valence electrons. The van der Waals surface area contributed by atoms with E-state index < -0.39 is 0 Å². The molecule has 0 saturated heterocycles. The van der Waals surface area contributed by atoms with E-state index in [-0.39, 0.29) is 5.70 Å². The monoisotopic (exact) mass is 326 g/mol. The summed E-state index contributed by atoms with van der Waals surface area (Å²) >= 11 is 0. The van der Waals surface area contributed by atoms with Gasteiger partial charge in [-0.2, -0.15) is 10.5 Å². The van der Waals surface area contributed by atoms with Gasteiger partial charge < -0.3 is 0 Å². The molecule has 25 heavy (non-hydrogen) atoms. The largest absolute Gasteiger partial charge is 0.278 e. The number of aliphatic imine (C=N–C) groups is 1. The third-order valence-electron chi connectivity index (χ3n) is 3.76. The van der Waals surface area contributed by atoms with Crippen molar-refractivity contribution >= 4 is 34.0 Å². The van der Waals surface area contributed by atoms with Gasteiger partial charge in [0.1, 0.15) is 17.6 Å². The molecule has 0 saturated carbocycles. The molecule has 0 N–H and O–H groups in total. The van der Waals surface area contributed by atoms with Crippen LogP contribution in [-0.2, 0) is 0 Å². The first-order chi connectivity index (χ1) is 12.2. The minimum atomic E-state index is 0.188. The van der Waals surface area contributed by atoms with Crippen molar-refractivity contribution in [2.24, 2.45) is 4.99 Å². The lowest BCUT2D eigenvalue weighted by Crippen LogP contribution is -2.22. The van der Waals surface area contributed by atoms with Crippen LogP contribution in [0.2, 0.25) is 0 Å². The molecule has 0 aliphatic heterocycles. The van der Waals surface area contributed by atoms with Crippen molar-refractivity contribution in [1.82, 2.24) is 9.97 Å². The van der Waals surface area contributed by atoms with Crippen LogP contribution in [0.3, 0.4) is 0 Å². The summed E-state index contributed by atoms with van der Waals surface area (Å²) in [5.74, 6) is 0.502. The highest BCUT2D eigenvalue weighted by Crippen LogP contribution is 2.26. The zero-order valence-electron chi connectivity index (χ0n) is 13.8.